The maximum absolute atomic E-state index is 5.87. The molecule has 0 saturated carbocycles. The van der Waals surface area contributed by atoms with Gasteiger partial charge in [0.15, 0.2) is 0 Å². The summed E-state index contributed by atoms with van der Waals surface area (Å²) in [6, 6.07) is 5.85. The molecule has 72 valence electrons. The van der Waals surface area contributed by atoms with Crippen LogP contribution in [0.3, 0.4) is 0 Å². The van der Waals surface area contributed by atoms with Crippen LogP contribution in [0.2, 0.25) is 10.0 Å². The Labute approximate surface area is 88.8 Å². The molecular formula is C10H13Cl2N. The third-order valence-corrected chi connectivity index (χ3v) is 2.75. The fourth-order valence-electron chi connectivity index (χ4n) is 1.11. The third-order valence-electron chi connectivity index (χ3n) is 2.01. The molecule has 0 radical (unpaired) electrons. The van der Waals surface area contributed by atoms with Crippen LogP contribution in [0.25, 0.3) is 0 Å². The van der Waals surface area contributed by atoms with Crippen molar-refractivity contribution in [3.63, 3.8) is 0 Å². The number of benzene rings is 1. The number of hydrogen-bond acceptors (Lipinski definition) is 1. The summed E-state index contributed by atoms with van der Waals surface area (Å²) in [5.74, 6) is 0. The molecule has 3 heteroatoms. The van der Waals surface area contributed by atoms with E-state index in [2.05, 4.69) is 6.92 Å². The van der Waals surface area contributed by atoms with Crippen LogP contribution in [0.5, 0.6) is 0 Å². The van der Waals surface area contributed by atoms with Crippen molar-refractivity contribution >= 4 is 23.2 Å². The molecule has 0 aliphatic heterocycles. The molecule has 0 aliphatic carbocycles. The maximum Gasteiger partial charge on any atom is 0.0595 e. The fourth-order valence-corrected chi connectivity index (χ4v) is 1.43. The van der Waals surface area contributed by atoms with Crippen molar-refractivity contribution in [2.45, 2.75) is 25.8 Å². The maximum atomic E-state index is 5.87. The van der Waals surface area contributed by atoms with Gasteiger partial charge in [0.05, 0.1) is 10.0 Å². The Bertz CT molecular complexity index is 286. The highest BCUT2D eigenvalue weighted by Gasteiger charge is 2.03. The van der Waals surface area contributed by atoms with E-state index in [0.29, 0.717) is 10.0 Å². The van der Waals surface area contributed by atoms with Crippen LogP contribution in [0.1, 0.15) is 18.9 Å². The monoisotopic (exact) mass is 217 g/mol. The molecule has 0 spiro atoms. The Morgan fingerprint density at radius 2 is 2.00 bits per heavy atom. The first kappa shape index (κ1) is 10.8. The topological polar surface area (TPSA) is 26.0 Å². The Balaban J connectivity index is 2.73. The molecule has 0 bridgehead atoms. The van der Waals surface area contributed by atoms with E-state index in [1.165, 1.54) is 0 Å². The SMILES string of the molecule is CC[C@H](N)Cc1ccc(Cl)c(Cl)c1. The lowest BCUT2D eigenvalue weighted by Gasteiger charge is -2.08. The average Bonchev–Trinajstić information content (AvgIpc) is 2.11. The summed E-state index contributed by atoms with van der Waals surface area (Å²) >= 11 is 11.7. The van der Waals surface area contributed by atoms with Gasteiger partial charge >= 0.3 is 0 Å². The third kappa shape index (κ3) is 3.18. The molecule has 2 N–H and O–H groups in total. The number of halogens is 2. The van der Waals surface area contributed by atoms with Crippen LogP contribution in [-0.2, 0) is 6.42 Å². The van der Waals surface area contributed by atoms with Crippen molar-refractivity contribution in [1.82, 2.24) is 0 Å². The summed E-state index contributed by atoms with van der Waals surface area (Å²) in [4.78, 5) is 0. The molecule has 1 rings (SSSR count). The first-order valence-electron chi connectivity index (χ1n) is 4.33. The second kappa shape index (κ2) is 4.85. The van der Waals surface area contributed by atoms with Gasteiger partial charge in [-0.2, -0.15) is 0 Å². The van der Waals surface area contributed by atoms with Crippen molar-refractivity contribution < 1.29 is 0 Å². The largest absolute Gasteiger partial charge is 0.327 e. The molecule has 0 heterocycles. The van der Waals surface area contributed by atoms with Crippen molar-refractivity contribution in [2.75, 3.05) is 0 Å². The van der Waals surface area contributed by atoms with Crippen LogP contribution in [0.15, 0.2) is 18.2 Å². The zero-order valence-corrected chi connectivity index (χ0v) is 9.07. The molecule has 1 atom stereocenters. The zero-order chi connectivity index (χ0) is 9.84. The lowest BCUT2D eigenvalue weighted by atomic mass is 10.1. The highest BCUT2D eigenvalue weighted by Crippen LogP contribution is 2.23. The zero-order valence-electron chi connectivity index (χ0n) is 7.56. The number of rotatable bonds is 3. The van der Waals surface area contributed by atoms with Crippen LogP contribution < -0.4 is 5.73 Å². The molecular weight excluding hydrogens is 205 g/mol. The van der Waals surface area contributed by atoms with E-state index >= 15 is 0 Å². The van der Waals surface area contributed by atoms with E-state index in [1.807, 2.05) is 18.2 Å². The lowest BCUT2D eigenvalue weighted by Crippen LogP contribution is -2.21. The Morgan fingerprint density at radius 3 is 2.54 bits per heavy atom. The highest BCUT2D eigenvalue weighted by atomic mass is 35.5. The van der Waals surface area contributed by atoms with Gasteiger partial charge in [-0.25, -0.2) is 0 Å². The Morgan fingerprint density at radius 1 is 1.31 bits per heavy atom. The quantitative estimate of drug-likeness (QED) is 0.827. The average molecular weight is 218 g/mol. The van der Waals surface area contributed by atoms with Crippen molar-refractivity contribution in [2.24, 2.45) is 5.73 Å². The van der Waals surface area contributed by atoms with Gasteiger partial charge in [0, 0.05) is 6.04 Å². The van der Waals surface area contributed by atoms with Gasteiger partial charge in [-0.05, 0) is 30.5 Å². The molecule has 1 nitrogen and oxygen atoms in total. The molecule has 1 aromatic carbocycles. The predicted octanol–water partition coefficient (Wildman–Crippen LogP) is 3.27. The Kier molecular flexibility index (Phi) is 4.04. The van der Waals surface area contributed by atoms with Crippen molar-refractivity contribution in [1.29, 1.82) is 0 Å². The number of hydrogen-bond donors (Lipinski definition) is 1. The Hall–Kier alpha value is -0.240. The highest BCUT2D eigenvalue weighted by molar-refractivity contribution is 6.42. The van der Waals surface area contributed by atoms with Crippen LogP contribution in [0.4, 0.5) is 0 Å². The van der Waals surface area contributed by atoms with Gasteiger partial charge in [-0.3, -0.25) is 0 Å². The summed E-state index contributed by atoms with van der Waals surface area (Å²) in [6.07, 6.45) is 1.83. The van der Waals surface area contributed by atoms with Crippen molar-refractivity contribution in [3.05, 3.63) is 33.8 Å². The van der Waals surface area contributed by atoms with E-state index in [0.717, 1.165) is 18.4 Å². The van der Waals surface area contributed by atoms with Crippen molar-refractivity contribution in [3.8, 4) is 0 Å². The van der Waals surface area contributed by atoms with E-state index in [9.17, 15) is 0 Å². The summed E-state index contributed by atoms with van der Waals surface area (Å²) in [6.45, 7) is 2.07. The minimum Gasteiger partial charge on any atom is -0.327 e. The van der Waals surface area contributed by atoms with Crippen LogP contribution >= 0.6 is 23.2 Å². The second-order valence-electron chi connectivity index (χ2n) is 3.12. The summed E-state index contributed by atoms with van der Waals surface area (Å²) in [5.41, 5.74) is 6.96. The van der Waals surface area contributed by atoms with Crippen LogP contribution in [-0.4, -0.2) is 6.04 Å². The normalized spacial score (nSPS) is 12.9. The van der Waals surface area contributed by atoms with E-state index in [4.69, 9.17) is 28.9 Å². The molecule has 0 amide bonds. The van der Waals surface area contributed by atoms with Gasteiger partial charge in [0.25, 0.3) is 0 Å². The molecule has 0 unspecified atom stereocenters. The molecule has 0 aliphatic rings. The molecule has 0 saturated heterocycles. The molecule has 1 aromatic rings. The van der Waals surface area contributed by atoms with Gasteiger partial charge < -0.3 is 5.73 Å². The smallest absolute Gasteiger partial charge is 0.0595 e. The van der Waals surface area contributed by atoms with E-state index in [-0.39, 0.29) is 6.04 Å². The van der Waals surface area contributed by atoms with Crippen LogP contribution in [0, 0.1) is 0 Å². The summed E-state index contributed by atoms with van der Waals surface area (Å²) in [5, 5.41) is 1.19. The molecule has 0 aromatic heterocycles. The predicted molar refractivity (Wildman–Crippen MR) is 58.4 cm³/mol. The summed E-state index contributed by atoms with van der Waals surface area (Å²) in [7, 11) is 0. The van der Waals surface area contributed by atoms with Gasteiger partial charge in [-0.1, -0.05) is 36.2 Å². The second-order valence-corrected chi connectivity index (χ2v) is 3.94. The number of nitrogens with two attached hydrogens (primary N) is 1. The summed E-state index contributed by atoms with van der Waals surface area (Å²) < 4.78 is 0. The lowest BCUT2D eigenvalue weighted by molar-refractivity contribution is 0.646. The van der Waals surface area contributed by atoms with Gasteiger partial charge in [-0.15, -0.1) is 0 Å². The first-order chi connectivity index (χ1) is 6.13. The van der Waals surface area contributed by atoms with Gasteiger partial charge in [0.1, 0.15) is 0 Å². The van der Waals surface area contributed by atoms with Gasteiger partial charge in [0.2, 0.25) is 0 Å². The minimum absolute atomic E-state index is 0.206. The fraction of sp³-hybridized carbons (Fsp3) is 0.400. The standard InChI is InChI=1S/C10H13Cl2N/c1-2-8(13)5-7-3-4-9(11)10(12)6-7/h3-4,6,8H,2,5,13H2,1H3/t8-/m0/s1. The van der Waals surface area contributed by atoms with E-state index < -0.39 is 0 Å². The van der Waals surface area contributed by atoms with E-state index in [1.54, 1.807) is 0 Å². The molecule has 0 fully saturated rings. The minimum atomic E-state index is 0.206. The first-order valence-corrected chi connectivity index (χ1v) is 5.08. The molecule has 13 heavy (non-hydrogen) atoms.